The zero-order valence-electron chi connectivity index (χ0n) is 20.5. The minimum Gasteiger partial charge on any atom is -0.465 e. The molecule has 0 bridgehead atoms. The first kappa shape index (κ1) is 26.2. The number of amides is 2. The Morgan fingerprint density at radius 1 is 0.892 bits per heavy atom. The lowest BCUT2D eigenvalue weighted by molar-refractivity contribution is 0.0496. The van der Waals surface area contributed by atoms with Gasteiger partial charge in [-0.3, -0.25) is 4.90 Å². The lowest BCUT2D eigenvalue weighted by Crippen LogP contribution is -2.50. The second kappa shape index (κ2) is 12.4. The third-order valence-corrected chi connectivity index (χ3v) is 6.27. The number of anilines is 1. The summed E-state index contributed by atoms with van der Waals surface area (Å²) in [5, 5.41) is 2.80. The second-order valence-corrected chi connectivity index (χ2v) is 8.63. The highest BCUT2D eigenvalue weighted by Gasteiger charge is 2.23. The normalized spacial score (nSPS) is 14.7. The van der Waals surface area contributed by atoms with Crippen molar-refractivity contribution in [3.8, 4) is 0 Å². The quantitative estimate of drug-likeness (QED) is 0.446. The summed E-state index contributed by atoms with van der Waals surface area (Å²) in [5.74, 6) is -2.32. The van der Waals surface area contributed by atoms with Crippen LogP contribution in [0.15, 0.2) is 72.8 Å². The van der Waals surface area contributed by atoms with Gasteiger partial charge in [0.2, 0.25) is 0 Å². The fourth-order valence-electron chi connectivity index (χ4n) is 4.24. The van der Waals surface area contributed by atoms with Gasteiger partial charge in [0.25, 0.3) is 0 Å². The van der Waals surface area contributed by atoms with Gasteiger partial charge >= 0.3 is 12.0 Å². The van der Waals surface area contributed by atoms with E-state index in [-0.39, 0.29) is 6.03 Å². The van der Waals surface area contributed by atoms with Crippen molar-refractivity contribution in [2.75, 3.05) is 51.8 Å². The van der Waals surface area contributed by atoms with Crippen molar-refractivity contribution in [3.63, 3.8) is 0 Å². The molecule has 7 nitrogen and oxygen atoms in total. The molecule has 2 amide bonds. The number of piperazine rings is 1. The van der Waals surface area contributed by atoms with Crippen LogP contribution < -0.4 is 5.32 Å². The van der Waals surface area contributed by atoms with Crippen LogP contribution in [0.5, 0.6) is 0 Å². The van der Waals surface area contributed by atoms with Crippen LogP contribution in [0, 0.1) is 11.6 Å². The number of hydrogen-bond donors (Lipinski definition) is 1. The third-order valence-electron chi connectivity index (χ3n) is 6.27. The second-order valence-electron chi connectivity index (χ2n) is 8.63. The Hall–Kier alpha value is -3.82. The molecule has 4 rings (SSSR count). The Morgan fingerprint density at radius 3 is 2.30 bits per heavy atom. The molecular formula is C28H29F2N3O4. The monoisotopic (exact) mass is 509 g/mol. The zero-order chi connectivity index (χ0) is 26.2. The van der Waals surface area contributed by atoms with Crippen LogP contribution in [-0.4, -0.2) is 68.2 Å². The maximum atomic E-state index is 13.9. The average Bonchev–Trinajstić information content (AvgIpc) is 2.93. The van der Waals surface area contributed by atoms with E-state index in [4.69, 9.17) is 9.47 Å². The molecule has 1 aliphatic heterocycles. The molecular weight excluding hydrogens is 480 g/mol. The molecule has 3 aromatic rings. The maximum Gasteiger partial charge on any atom is 0.339 e. The number of carbonyl (C=O) groups is 2. The molecule has 0 saturated carbocycles. The summed E-state index contributed by atoms with van der Waals surface area (Å²) in [6, 6.07) is 19.6. The number of benzene rings is 3. The number of esters is 1. The minimum absolute atomic E-state index is 0.283. The first-order valence-corrected chi connectivity index (χ1v) is 12.0. The Balaban J connectivity index is 1.30. The van der Waals surface area contributed by atoms with Crippen molar-refractivity contribution in [1.82, 2.24) is 9.80 Å². The van der Waals surface area contributed by atoms with Crippen molar-refractivity contribution < 1.29 is 27.8 Å². The van der Waals surface area contributed by atoms with E-state index in [1.807, 2.05) is 30.3 Å². The van der Waals surface area contributed by atoms with Crippen molar-refractivity contribution >= 4 is 17.7 Å². The average molecular weight is 510 g/mol. The molecule has 0 unspecified atom stereocenters. The van der Waals surface area contributed by atoms with Gasteiger partial charge in [0.05, 0.1) is 25.0 Å². The van der Waals surface area contributed by atoms with Gasteiger partial charge in [0, 0.05) is 32.7 Å². The summed E-state index contributed by atoms with van der Waals surface area (Å²) in [6.45, 7) is 3.31. The third kappa shape index (κ3) is 6.69. The van der Waals surface area contributed by atoms with E-state index in [1.54, 1.807) is 29.2 Å². The van der Waals surface area contributed by atoms with Crippen molar-refractivity contribution in [2.45, 2.75) is 6.10 Å². The van der Waals surface area contributed by atoms with Gasteiger partial charge in [-0.15, -0.1) is 0 Å². The number of ether oxygens (including phenoxy) is 2. The molecule has 0 spiro atoms. The Bertz CT molecular complexity index is 1220. The molecule has 1 saturated heterocycles. The Kier molecular flexibility index (Phi) is 8.81. The highest BCUT2D eigenvalue weighted by molar-refractivity contribution is 6.00. The van der Waals surface area contributed by atoms with Crippen molar-refractivity contribution in [3.05, 3.63) is 101 Å². The van der Waals surface area contributed by atoms with Crippen LogP contribution in [-0.2, 0) is 9.47 Å². The number of rotatable bonds is 8. The van der Waals surface area contributed by atoms with E-state index in [9.17, 15) is 18.4 Å². The van der Waals surface area contributed by atoms with Crippen LogP contribution in [0.3, 0.4) is 0 Å². The molecule has 1 fully saturated rings. The molecule has 9 heteroatoms. The number of hydrogen-bond acceptors (Lipinski definition) is 5. The minimum atomic E-state index is -0.911. The Morgan fingerprint density at radius 2 is 1.59 bits per heavy atom. The van der Waals surface area contributed by atoms with Gasteiger partial charge < -0.3 is 19.7 Å². The molecule has 194 valence electrons. The van der Waals surface area contributed by atoms with E-state index in [2.05, 4.69) is 10.2 Å². The number of nitrogens with zero attached hydrogens (tertiary/aromatic N) is 2. The number of halogens is 2. The van der Waals surface area contributed by atoms with Crippen molar-refractivity contribution in [2.24, 2.45) is 0 Å². The summed E-state index contributed by atoms with van der Waals surface area (Å²) in [4.78, 5) is 28.6. The smallest absolute Gasteiger partial charge is 0.339 e. The molecule has 1 aliphatic rings. The van der Waals surface area contributed by atoms with Crippen LogP contribution in [0.1, 0.15) is 27.6 Å². The molecule has 1 heterocycles. The number of methoxy groups -OCH3 is 1. The topological polar surface area (TPSA) is 71.1 Å². The van der Waals surface area contributed by atoms with Gasteiger partial charge in [-0.05, 0) is 35.4 Å². The maximum absolute atomic E-state index is 13.9. The van der Waals surface area contributed by atoms with Gasteiger partial charge in [-0.2, -0.15) is 0 Å². The summed E-state index contributed by atoms with van der Waals surface area (Å²) in [5.41, 5.74) is 2.09. The fourth-order valence-corrected chi connectivity index (χ4v) is 4.24. The summed E-state index contributed by atoms with van der Waals surface area (Å²) < 4.78 is 38.3. The first-order chi connectivity index (χ1) is 18.0. The van der Waals surface area contributed by atoms with E-state index in [0.29, 0.717) is 56.1 Å². The highest BCUT2D eigenvalue weighted by Crippen LogP contribution is 2.27. The molecule has 1 N–H and O–H groups in total. The predicted molar refractivity (Wildman–Crippen MR) is 135 cm³/mol. The van der Waals surface area contributed by atoms with Crippen LogP contribution in [0.2, 0.25) is 0 Å². The number of para-hydroxylation sites is 1. The number of nitrogens with one attached hydrogen (secondary N) is 1. The van der Waals surface area contributed by atoms with Gasteiger partial charge in [0.1, 0.15) is 6.10 Å². The molecule has 3 aromatic carbocycles. The first-order valence-electron chi connectivity index (χ1n) is 12.0. The van der Waals surface area contributed by atoms with E-state index >= 15 is 0 Å². The van der Waals surface area contributed by atoms with Gasteiger partial charge in [-0.25, -0.2) is 18.4 Å². The van der Waals surface area contributed by atoms with E-state index < -0.39 is 23.7 Å². The molecule has 1 atom stereocenters. The van der Waals surface area contributed by atoms with Crippen LogP contribution in [0.25, 0.3) is 0 Å². The highest BCUT2D eigenvalue weighted by atomic mass is 19.2. The van der Waals surface area contributed by atoms with Crippen molar-refractivity contribution in [1.29, 1.82) is 0 Å². The number of carbonyl (C=O) groups excluding carboxylic acids is 2. The lowest BCUT2D eigenvalue weighted by atomic mass is 10.0. The SMILES string of the molecule is COC(=O)c1ccccc1NC(=O)N1CCN(CCO[C@@H](c2ccccc2)c2ccc(F)c(F)c2)CC1. The molecule has 37 heavy (non-hydrogen) atoms. The number of urea groups is 1. The van der Waals surface area contributed by atoms with Gasteiger partial charge in [0.15, 0.2) is 11.6 Å². The summed E-state index contributed by atoms with van der Waals surface area (Å²) in [6.07, 6.45) is -0.529. The molecule has 0 aromatic heterocycles. The summed E-state index contributed by atoms with van der Waals surface area (Å²) >= 11 is 0. The lowest BCUT2D eigenvalue weighted by Gasteiger charge is -2.35. The predicted octanol–water partition coefficient (Wildman–Crippen LogP) is 4.71. The van der Waals surface area contributed by atoms with E-state index in [0.717, 1.165) is 11.6 Å². The zero-order valence-corrected chi connectivity index (χ0v) is 20.5. The van der Waals surface area contributed by atoms with E-state index in [1.165, 1.54) is 19.2 Å². The van der Waals surface area contributed by atoms with Gasteiger partial charge in [-0.1, -0.05) is 48.5 Å². The fraction of sp³-hybridized carbons (Fsp3) is 0.286. The standard InChI is InChI=1S/C28H29F2N3O4/c1-36-27(34)22-9-5-6-10-25(22)31-28(35)33-15-13-32(14-16-33)17-18-37-26(20-7-3-2-4-8-20)21-11-12-23(29)24(30)19-21/h2-12,19,26H,13-18H2,1H3,(H,31,35)/t26-/m0/s1. The summed E-state index contributed by atoms with van der Waals surface area (Å²) in [7, 11) is 1.30. The largest absolute Gasteiger partial charge is 0.465 e. The van der Waals surface area contributed by atoms with Crippen LogP contribution >= 0.6 is 0 Å². The molecule has 0 aliphatic carbocycles. The molecule has 0 radical (unpaired) electrons. The van der Waals surface area contributed by atoms with Crippen LogP contribution in [0.4, 0.5) is 19.3 Å². The Labute approximate surface area is 214 Å².